The van der Waals surface area contributed by atoms with E-state index in [1.54, 1.807) is 35.9 Å². The average Bonchev–Trinajstić information content (AvgIpc) is 3.29. The van der Waals surface area contributed by atoms with Gasteiger partial charge in [0.1, 0.15) is 12.4 Å². The molecule has 0 bridgehead atoms. The summed E-state index contributed by atoms with van der Waals surface area (Å²) in [6.07, 6.45) is 1.60. The van der Waals surface area contributed by atoms with Gasteiger partial charge in [-0.1, -0.05) is 12.1 Å². The fraction of sp³-hybridized carbons (Fsp3) is 0.118. The zero-order valence-electron chi connectivity index (χ0n) is 13.8. The van der Waals surface area contributed by atoms with Crippen LogP contribution in [-0.4, -0.2) is 30.1 Å². The highest BCUT2D eigenvalue weighted by atomic mass is 32.1. The fourth-order valence-corrected chi connectivity index (χ4v) is 3.22. The molecule has 4 aromatic heterocycles. The number of amides is 1. The van der Waals surface area contributed by atoms with Gasteiger partial charge in [0.25, 0.3) is 5.56 Å². The Labute approximate surface area is 151 Å². The van der Waals surface area contributed by atoms with E-state index in [0.29, 0.717) is 23.1 Å². The van der Waals surface area contributed by atoms with Gasteiger partial charge in [-0.25, -0.2) is 4.98 Å². The first-order chi connectivity index (χ1) is 12.6. The molecule has 0 fully saturated rings. The van der Waals surface area contributed by atoms with Gasteiger partial charge in [0, 0.05) is 18.0 Å². The molecule has 1 amide bonds. The van der Waals surface area contributed by atoms with Crippen LogP contribution in [0.3, 0.4) is 0 Å². The summed E-state index contributed by atoms with van der Waals surface area (Å²) in [4.78, 5) is 34.0. The van der Waals surface area contributed by atoms with E-state index < -0.39 is 0 Å². The molecule has 4 rings (SSSR count). The Hall–Kier alpha value is -3.33. The number of thiophene rings is 1. The SMILES string of the molecule is Cc1cc(=O)n2nc(-c3cccs3)nc2n1CC(=O)Nc1ccccn1. The van der Waals surface area contributed by atoms with Gasteiger partial charge in [0.05, 0.1) is 4.88 Å². The topological polar surface area (TPSA) is 94.2 Å². The van der Waals surface area contributed by atoms with E-state index >= 15 is 0 Å². The molecule has 0 aliphatic carbocycles. The van der Waals surface area contributed by atoms with Crippen molar-refractivity contribution in [2.45, 2.75) is 13.5 Å². The van der Waals surface area contributed by atoms with Crippen LogP contribution in [0, 0.1) is 6.92 Å². The van der Waals surface area contributed by atoms with E-state index in [2.05, 4.69) is 20.4 Å². The van der Waals surface area contributed by atoms with Crippen molar-refractivity contribution in [3.8, 4) is 10.7 Å². The molecule has 0 unspecified atom stereocenters. The number of anilines is 1. The van der Waals surface area contributed by atoms with Crippen LogP contribution in [0.25, 0.3) is 16.5 Å². The Bertz CT molecular complexity index is 1130. The monoisotopic (exact) mass is 366 g/mol. The van der Waals surface area contributed by atoms with Gasteiger partial charge in [-0.3, -0.25) is 9.59 Å². The van der Waals surface area contributed by atoms with Gasteiger partial charge in [-0.2, -0.15) is 9.50 Å². The molecule has 0 saturated carbocycles. The lowest BCUT2D eigenvalue weighted by molar-refractivity contribution is -0.116. The maximum absolute atomic E-state index is 12.4. The van der Waals surface area contributed by atoms with Crippen LogP contribution in [-0.2, 0) is 11.3 Å². The van der Waals surface area contributed by atoms with Crippen molar-refractivity contribution in [3.63, 3.8) is 0 Å². The van der Waals surface area contributed by atoms with E-state index in [4.69, 9.17) is 0 Å². The van der Waals surface area contributed by atoms with Crippen molar-refractivity contribution in [2.24, 2.45) is 0 Å². The molecule has 130 valence electrons. The predicted molar refractivity (Wildman–Crippen MR) is 98.2 cm³/mol. The first kappa shape index (κ1) is 16.2. The number of aromatic nitrogens is 5. The minimum absolute atomic E-state index is 0.00520. The number of pyridine rings is 1. The largest absolute Gasteiger partial charge is 0.309 e. The van der Waals surface area contributed by atoms with Crippen molar-refractivity contribution in [1.29, 1.82) is 0 Å². The lowest BCUT2D eigenvalue weighted by Crippen LogP contribution is -2.25. The van der Waals surface area contributed by atoms with Gasteiger partial charge >= 0.3 is 0 Å². The summed E-state index contributed by atoms with van der Waals surface area (Å²) in [7, 11) is 0. The quantitative estimate of drug-likeness (QED) is 0.596. The van der Waals surface area contributed by atoms with Gasteiger partial charge in [0.15, 0.2) is 5.82 Å². The number of carbonyl (C=O) groups is 1. The third-order valence-corrected chi connectivity index (χ3v) is 4.64. The third-order valence-electron chi connectivity index (χ3n) is 3.77. The highest BCUT2D eigenvalue weighted by Crippen LogP contribution is 2.21. The number of aryl methyl sites for hydroxylation is 1. The number of hydrogen-bond acceptors (Lipinski definition) is 6. The minimum Gasteiger partial charge on any atom is -0.309 e. The maximum Gasteiger partial charge on any atom is 0.275 e. The number of carbonyl (C=O) groups excluding carboxylic acids is 1. The van der Waals surface area contributed by atoms with Crippen molar-refractivity contribution in [1.82, 2.24) is 24.1 Å². The van der Waals surface area contributed by atoms with Crippen LogP contribution in [0.4, 0.5) is 5.82 Å². The number of rotatable bonds is 4. The fourth-order valence-electron chi connectivity index (χ4n) is 2.57. The highest BCUT2D eigenvalue weighted by molar-refractivity contribution is 7.13. The van der Waals surface area contributed by atoms with Crippen LogP contribution in [0.5, 0.6) is 0 Å². The molecule has 1 N–H and O–H groups in total. The van der Waals surface area contributed by atoms with Gasteiger partial charge in [0.2, 0.25) is 11.7 Å². The second-order valence-electron chi connectivity index (χ2n) is 5.60. The lowest BCUT2D eigenvalue weighted by atomic mass is 10.4. The summed E-state index contributed by atoms with van der Waals surface area (Å²) < 4.78 is 2.87. The normalized spacial score (nSPS) is 11.0. The van der Waals surface area contributed by atoms with Crippen LogP contribution in [0.1, 0.15) is 5.69 Å². The Kier molecular flexibility index (Phi) is 4.05. The van der Waals surface area contributed by atoms with Gasteiger partial charge in [-0.05, 0) is 30.5 Å². The third kappa shape index (κ3) is 3.00. The molecule has 0 saturated heterocycles. The summed E-state index contributed by atoms with van der Waals surface area (Å²) in [5, 5.41) is 8.93. The second-order valence-corrected chi connectivity index (χ2v) is 6.55. The second kappa shape index (κ2) is 6.52. The Morgan fingerprint density at radius 1 is 1.27 bits per heavy atom. The molecular formula is C17H14N6O2S. The maximum atomic E-state index is 12.4. The number of nitrogens with zero attached hydrogens (tertiary/aromatic N) is 5. The highest BCUT2D eigenvalue weighted by Gasteiger charge is 2.16. The van der Waals surface area contributed by atoms with Crippen molar-refractivity contribution >= 4 is 28.8 Å². The van der Waals surface area contributed by atoms with E-state index in [0.717, 1.165) is 4.88 Å². The number of fused-ring (bicyclic) bond motifs is 1. The molecule has 0 radical (unpaired) electrons. The van der Waals surface area contributed by atoms with Crippen molar-refractivity contribution in [3.05, 3.63) is 64.0 Å². The molecule has 8 nitrogen and oxygen atoms in total. The Morgan fingerprint density at radius 3 is 2.88 bits per heavy atom. The molecule has 0 atom stereocenters. The van der Waals surface area contributed by atoms with E-state index in [1.165, 1.54) is 21.9 Å². The van der Waals surface area contributed by atoms with Crippen LogP contribution < -0.4 is 10.9 Å². The molecule has 4 heterocycles. The first-order valence-electron chi connectivity index (χ1n) is 7.84. The average molecular weight is 366 g/mol. The summed E-state index contributed by atoms with van der Waals surface area (Å²) in [6, 6.07) is 10.5. The smallest absolute Gasteiger partial charge is 0.275 e. The molecule has 0 aliphatic heterocycles. The summed E-state index contributed by atoms with van der Waals surface area (Å²) in [6.45, 7) is 1.75. The summed E-state index contributed by atoms with van der Waals surface area (Å²) >= 11 is 1.49. The summed E-state index contributed by atoms with van der Waals surface area (Å²) in [5.74, 6) is 0.988. The zero-order valence-corrected chi connectivity index (χ0v) is 14.6. The Morgan fingerprint density at radius 2 is 2.15 bits per heavy atom. The van der Waals surface area contributed by atoms with Gasteiger partial charge < -0.3 is 9.88 Å². The Balaban J connectivity index is 1.72. The van der Waals surface area contributed by atoms with Crippen LogP contribution >= 0.6 is 11.3 Å². The van der Waals surface area contributed by atoms with Crippen LogP contribution in [0.15, 0.2) is 52.8 Å². The van der Waals surface area contributed by atoms with E-state index in [1.807, 2.05) is 17.5 Å². The molecule has 4 aromatic rings. The van der Waals surface area contributed by atoms with Crippen molar-refractivity contribution in [2.75, 3.05) is 5.32 Å². The van der Waals surface area contributed by atoms with E-state index in [9.17, 15) is 9.59 Å². The van der Waals surface area contributed by atoms with Crippen LogP contribution in [0.2, 0.25) is 0 Å². The number of nitrogens with one attached hydrogen (secondary N) is 1. The van der Waals surface area contributed by atoms with Crippen molar-refractivity contribution < 1.29 is 4.79 Å². The molecule has 9 heteroatoms. The van der Waals surface area contributed by atoms with Gasteiger partial charge in [-0.15, -0.1) is 16.4 Å². The molecule has 0 aromatic carbocycles. The summed E-state index contributed by atoms with van der Waals surface area (Å²) in [5.41, 5.74) is 0.345. The standard InChI is InChI=1S/C17H14N6O2S/c1-11-9-15(25)23-17(20-16(21-23)12-5-4-8-26-12)22(11)10-14(24)19-13-6-2-3-7-18-13/h2-9H,10H2,1H3,(H,18,19,24). The molecule has 0 aliphatic rings. The predicted octanol–water partition coefficient (Wildman–Crippen LogP) is 1.96. The molecule has 0 spiro atoms. The minimum atomic E-state index is -0.283. The lowest BCUT2D eigenvalue weighted by Gasteiger charge is -2.11. The first-order valence-corrected chi connectivity index (χ1v) is 8.72. The molecule has 26 heavy (non-hydrogen) atoms. The molecular weight excluding hydrogens is 352 g/mol. The van der Waals surface area contributed by atoms with E-state index in [-0.39, 0.29) is 18.0 Å². The number of hydrogen-bond donors (Lipinski definition) is 1. The zero-order chi connectivity index (χ0) is 18.1.